The number of carbonyl (C=O) groups is 1. The molecule has 2 N–H and O–H groups in total. The van der Waals surface area contributed by atoms with E-state index in [0.717, 1.165) is 17.0 Å². The van der Waals surface area contributed by atoms with E-state index in [1.54, 1.807) is 23.6 Å². The van der Waals surface area contributed by atoms with Gasteiger partial charge in [0.25, 0.3) is 5.91 Å². The summed E-state index contributed by atoms with van der Waals surface area (Å²) >= 11 is 1.56. The number of carbonyl (C=O) groups excluding carboxylic acids is 1. The van der Waals surface area contributed by atoms with Crippen LogP contribution in [0.4, 0.5) is 11.6 Å². The third-order valence-electron chi connectivity index (χ3n) is 5.76. The van der Waals surface area contributed by atoms with Gasteiger partial charge in [-0.05, 0) is 30.2 Å². The highest BCUT2D eigenvalue weighted by atomic mass is 32.2. The van der Waals surface area contributed by atoms with E-state index in [2.05, 4.69) is 22.8 Å². The van der Waals surface area contributed by atoms with Gasteiger partial charge in [-0.15, -0.1) is 5.10 Å². The number of thioether (sulfide) groups is 1. The van der Waals surface area contributed by atoms with E-state index in [-0.39, 0.29) is 5.91 Å². The highest BCUT2D eigenvalue weighted by Gasteiger charge is 2.34. The zero-order valence-electron chi connectivity index (χ0n) is 19.4. The average Bonchev–Trinajstić information content (AvgIpc) is 3.30. The summed E-state index contributed by atoms with van der Waals surface area (Å²) in [6, 6.07) is 27.0. The summed E-state index contributed by atoms with van der Waals surface area (Å²) in [4.78, 5) is 18.3. The summed E-state index contributed by atoms with van der Waals surface area (Å²) in [6.45, 7) is 1.89. The molecular formula is C27H25N5O2S. The predicted octanol–water partition coefficient (Wildman–Crippen LogP) is 5.51. The van der Waals surface area contributed by atoms with Crippen molar-refractivity contribution in [1.29, 1.82) is 0 Å². The number of hydrogen-bond donors (Lipinski definition) is 2. The van der Waals surface area contributed by atoms with Gasteiger partial charge in [-0.2, -0.15) is 4.98 Å². The normalized spacial score (nSPS) is 14.7. The number of amides is 1. The number of hydrogen-bond acceptors (Lipinski definition) is 6. The Morgan fingerprint density at radius 1 is 1.03 bits per heavy atom. The van der Waals surface area contributed by atoms with Gasteiger partial charge in [0.05, 0.1) is 18.4 Å². The number of rotatable bonds is 7. The zero-order chi connectivity index (χ0) is 24.2. The van der Waals surface area contributed by atoms with Crippen LogP contribution in [0.3, 0.4) is 0 Å². The second-order valence-electron chi connectivity index (χ2n) is 8.07. The van der Waals surface area contributed by atoms with Gasteiger partial charge in [0.2, 0.25) is 11.1 Å². The molecule has 0 saturated heterocycles. The highest BCUT2D eigenvalue weighted by molar-refractivity contribution is 7.98. The first-order chi connectivity index (χ1) is 17.1. The third-order valence-corrected chi connectivity index (χ3v) is 6.67. The van der Waals surface area contributed by atoms with Crippen LogP contribution < -0.4 is 15.4 Å². The summed E-state index contributed by atoms with van der Waals surface area (Å²) in [5, 5.41) is 11.8. The molecule has 1 aliphatic rings. The Bertz CT molecular complexity index is 1370. The van der Waals surface area contributed by atoms with E-state index in [9.17, 15) is 4.79 Å². The maximum absolute atomic E-state index is 13.6. The average molecular weight is 484 g/mol. The standard InChI is InChI=1S/C27H25N5O2S/c1-18-23(25(33)29-21-15-9-10-16-22(21)34-2)24(20-13-7-4-8-14-20)32-26(28-18)30-27(31-32)35-17-19-11-5-3-6-12-19/h3-16,24H,17H2,1-2H3,(H,29,33)(H,28,30,31)/t24-/m1/s1. The van der Waals surface area contributed by atoms with Crippen molar-refractivity contribution in [2.75, 3.05) is 17.7 Å². The van der Waals surface area contributed by atoms with Gasteiger partial charge in [-0.3, -0.25) is 4.79 Å². The molecule has 0 bridgehead atoms. The molecule has 8 heteroatoms. The van der Waals surface area contributed by atoms with E-state index in [1.165, 1.54) is 5.56 Å². The predicted molar refractivity (Wildman–Crippen MR) is 139 cm³/mol. The van der Waals surface area contributed by atoms with Crippen LogP contribution in [0.1, 0.15) is 24.1 Å². The number of benzene rings is 3. The quantitative estimate of drug-likeness (QED) is 0.338. The number of ether oxygens (including phenoxy) is 1. The second kappa shape index (κ2) is 10.1. The number of anilines is 2. The van der Waals surface area contributed by atoms with Gasteiger partial charge < -0.3 is 15.4 Å². The molecule has 0 spiro atoms. The van der Waals surface area contributed by atoms with Crippen LogP contribution in [0.15, 0.2) is 101 Å². The summed E-state index contributed by atoms with van der Waals surface area (Å²) in [5.41, 5.74) is 4.05. The first-order valence-electron chi connectivity index (χ1n) is 11.2. The highest BCUT2D eigenvalue weighted by Crippen LogP contribution is 2.37. The van der Waals surface area contributed by atoms with E-state index < -0.39 is 6.04 Å². The van der Waals surface area contributed by atoms with Gasteiger partial charge in [-0.1, -0.05) is 84.6 Å². The maximum atomic E-state index is 13.6. The fourth-order valence-electron chi connectivity index (χ4n) is 4.09. The summed E-state index contributed by atoms with van der Waals surface area (Å²) < 4.78 is 7.22. The molecule has 0 aliphatic carbocycles. The minimum absolute atomic E-state index is 0.229. The number of nitrogens with one attached hydrogen (secondary N) is 2. The molecule has 176 valence electrons. The van der Waals surface area contributed by atoms with Gasteiger partial charge >= 0.3 is 0 Å². The molecule has 0 unspecified atom stereocenters. The molecule has 1 aromatic heterocycles. The summed E-state index contributed by atoms with van der Waals surface area (Å²) in [5.74, 6) is 1.74. The fraction of sp³-hybridized carbons (Fsp3) is 0.148. The van der Waals surface area contributed by atoms with Crippen LogP contribution in [0.25, 0.3) is 0 Å². The Morgan fingerprint density at radius 2 is 1.71 bits per heavy atom. The lowest BCUT2D eigenvalue weighted by Gasteiger charge is -2.28. The number of methoxy groups -OCH3 is 1. The van der Waals surface area contributed by atoms with Crippen molar-refractivity contribution in [3.8, 4) is 5.75 Å². The monoisotopic (exact) mass is 483 g/mol. The van der Waals surface area contributed by atoms with E-state index in [1.807, 2.05) is 79.7 Å². The molecule has 4 aromatic rings. The lowest BCUT2D eigenvalue weighted by molar-refractivity contribution is -0.113. The van der Waals surface area contributed by atoms with Crippen LogP contribution in [0.5, 0.6) is 5.75 Å². The van der Waals surface area contributed by atoms with Crippen molar-refractivity contribution in [3.63, 3.8) is 0 Å². The molecule has 1 amide bonds. The molecule has 1 atom stereocenters. The molecule has 7 nitrogen and oxygen atoms in total. The molecule has 2 heterocycles. The van der Waals surface area contributed by atoms with Crippen LogP contribution in [-0.2, 0) is 10.5 Å². The number of fused-ring (bicyclic) bond motifs is 1. The SMILES string of the molecule is COc1ccccc1NC(=O)C1=C(C)Nc2nc(SCc3ccccc3)nn2[C@@H]1c1ccccc1. The minimum Gasteiger partial charge on any atom is -0.495 e. The Labute approximate surface area is 208 Å². The van der Waals surface area contributed by atoms with Crippen molar-refractivity contribution in [3.05, 3.63) is 107 Å². The van der Waals surface area contributed by atoms with Gasteiger partial charge in [0.15, 0.2) is 0 Å². The van der Waals surface area contributed by atoms with Gasteiger partial charge in [-0.25, -0.2) is 4.68 Å². The van der Waals surface area contributed by atoms with Crippen molar-refractivity contribution < 1.29 is 9.53 Å². The molecule has 5 rings (SSSR count). The van der Waals surface area contributed by atoms with Crippen LogP contribution in [0, 0.1) is 0 Å². The topological polar surface area (TPSA) is 81.1 Å². The molecule has 3 aromatic carbocycles. The first-order valence-corrected chi connectivity index (χ1v) is 12.2. The second-order valence-corrected chi connectivity index (χ2v) is 9.01. The van der Waals surface area contributed by atoms with Crippen molar-refractivity contribution >= 4 is 29.3 Å². The van der Waals surface area contributed by atoms with Gasteiger partial charge in [0, 0.05) is 11.4 Å². The summed E-state index contributed by atoms with van der Waals surface area (Å²) in [6.07, 6.45) is 0. The number of nitrogens with zero attached hydrogens (tertiary/aromatic N) is 3. The van der Waals surface area contributed by atoms with E-state index in [0.29, 0.717) is 28.1 Å². The zero-order valence-corrected chi connectivity index (χ0v) is 20.3. The maximum Gasteiger partial charge on any atom is 0.255 e. The Kier molecular flexibility index (Phi) is 6.54. The van der Waals surface area contributed by atoms with Crippen molar-refractivity contribution in [1.82, 2.24) is 14.8 Å². The third kappa shape index (κ3) is 4.79. The Hall–Kier alpha value is -4.04. The van der Waals surface area contributed by atoms with Crippen LogP contribution in [-0.4, -0.2) is 27.8 Å². The van der Waals surface area contributed by atoms with E-state index in [4.69, 9.17) is 14.8 Å². The Morgan fingerprint density at radius 3 is 2.46 bits per heavy atom. The molecule has 35 heavy (non-hydrogen) atoms. The molecule has 0 saturated carbocycles. The van der Waals surface area contributed by atoms with E-state index >= 15 is 0 Å². The van der Waals surface area contributed by atoms with Gasteiger partial charge in [0.1, 0.15) is 11.8 Å². The largest absolute Gasteiger partial charge is 0.495 e. The lowest BCUT2D eigenvalue weighted by atomic mass is 9.95. The van der Waals surface area contributed by atoms with Crippen LogP contribution in [0.2, 0.25) is 0 Å². The Balaban J connectivity index is 1.48. The molecule has 0 radical (unpaired) electrons. The number of para-hydroxylation sites is 2. The molecule has 0 fully saturated rings. The number of allylic oxidation sites excluding steroid dienone is 1. The summed E-state index contributed by atoms with van der Waals surface area (Å²) in [7, 11) is 1.58. The van der Waals surface area contributed by atoms with Crippen LogP contribution >= 0.6 is 11.8 Å². The van der Waals surface area contributed by atoms with Crippen molar-refractivity contribution in [2.45, 2.75) is 23.9 Å². The molecular weight excluding hydrogens is 458 g/mol. The lowest BCUT2D eigenvalue weighted by Crippen LogP contribution is -2.31. The van der Waals surface area contributed by atoms with Crippen molar-refractivity contribution in [2.24, 2.45) is 0 Å². The number of aromatic nitrogens is 3. The minimum atomic E-state index is -0.430. The first kappa shape index (κ1) is 22.7. The smallest absolute Gasteiger partial charge is 0.255 e. The fourth-order valence-corrected chi connectivity index (χ4v) is 4.87. The molecule has 1 aliphatic heterocycles.